The Morgan fingerprint density at radius 3 is 2.15 bits per heavy atom. The molecular weight excluding hydrogens is 328 g/mol. The van der Waals surface area contributed by atoms with Gasteiger partial charge in [-0.3, -0.25) is 9.69 Å². The van der Waals surface area contributed by atoms with Crippen molar-refractivity contribution in [3.8, 4) is 0 Å². The predicted octanol–water partition coefficient (Wildman–Crippen LogP) is 3.72. The van der Waals surface area contributed by atoms with Crippen LogP contribution in [0.3, 0.4) is 0 Å². The monoisotopic (exact) mass is 362 g/mol. The van der Waals surface area contributed by atoms with Crippen molar-refractivity contribution in [2.24, 2.45) is 23.7 Å². The van der Waals surface area contributed by atoms with Crippen LogP contribution < -0.4 is 5.32 Å². The number of nitrogens with zero attached hydrogens (tertiary/aromatic N) is 1. The van der Waals surface area contributed by atoms with Crippen molar-refractivity contribution in [1.82, 2.24) is 10.2 Å². The molecule has 5 nitrogen and oxygen atoms in total. The van der Waals surface area contributed by atoms with Crippen LogP contribution in [0.15, 0.2) is 0 Å². The van der Waals surface area contributed by atoms with Crippen LogP contribution in [0.1, 0.15) is 72.6 Å². The Bertz CT molecular complexity index is 569. The fraction of sp³-hybridized carbons (Fsp3) is 0.905. The zero-order valence-corrected chi connectivity index (χ0v) is 16.7. The number of carbonyl (C=O) groups is 2. The first-order chi connectivity index (χ1) is 12.2. The third kappa shape index (κ3) is 3.11. The largest absolute Gasteiger partial charge is 0.444 e. The molecule has 2 amide bonds. The van der Waals surface area contributed by atoms with E-state index in [9.17, 15) is 9.59 Å². The quantitative estimate of drug-likeness (QED) is 0.814. The van der Waals surface area contributed by atoms with Crippen molar-refractivity contribution in [2.75, 3.05) is 6.54 Å². The first-order valence-corrected chi connectivity index (χ1v) is 10.5. The van der Waals surface area contributed by atoms with Gasteiger partial charge in [0.2, 0.25) is 5.91 Å². The van der Waals surface area contributed by atoms with Gasteiger partial charge in [0.1, 0.15) is 11.1 Å². The lowest BCUT2D eigenvalue weighted by Gasteiger charge is -2.55. The van der Waals surface area contributed by atoms with Gasteiger partial charge >= 0.3 is 6.09 Å². The minimum absolute atomic E-state index is 0.0262. The predicted molar refractivity (Wildman–Crippen MR) is 99.6 cm³/mol. The summed E-state index contributed by atoms with van der Waals surface area (Å²) >= 11 is 0. The number of nitrogens with one attached hydrogen (secondary N) is 1. The van der Waals surface area contributed by atoms with Crippen LogP contribution in [0.25, 0.3) is 0 Å². The minimum Gasteiger partial charge on any atom is -0.444 e. The topological polar surface area (TPSA) is 58.6 Å². The first kappa shape index (κ1) is 18.1. The molecule has 0 aromatic heterocycles. The summed E-state index contributed by atoms with van der Waals surface area (Å²) in [6, 6.07) is 0.313. The molecular formula is C21H34N2O3. The van der Waals surface area contributed by atoms with Crippen LogP contribution in [0.5, 0.6) is 0 Å². The molecule has 1 aliphatic heterocycles. The third-order valence-corrected chi connectivity index (χ3v) is 7.27. The van der Waals surface area contributed by atoms with Crippen LogP contribution in [-0.2, 0) is 9.53 Å². The SMILES string of the molecule is CC(C)(C)OC(=O)N1CCCC1(C)C(=O)NC1C2CC3CC(C2)CC1C3. The summed E-state index contributed by atoms with van der Waals surface area (Å²) < 4.78 is 5.56. The molecule has 0 radical (unpaired) electrons. The molecule has 0 aromatic carbocycles. The van der Waals surface area contributed by atoms with Gasteiger partial charge in [-0.25, -0.2) is 4.79 Å². The molecule has 4 aliphatic carbocycles. The van der Waals surface area contributed by atoms with Crippen molar-refractivity contribution in [2.45, 2.75) is 89.8 Å². The third-order valence-electron chi connectivity index (χ3n) is 7.27. The second-order valence-corrected chi connectivity index (χ2v) is 10.4. The van der Waals surface area contributed by atoms with E-state index in [-0.39, 0.29) is 12.0 Å². The summed E-state index contributed by atoms with van der Waals surface area (Å²) in [6.07, 6.45) is 7.75. The molecule has 5 aliphatic rings. The number of ether oxygens (including phenoxy) is 1. The molecule has 5 rings (SSSR count). The van der Waals surface area contributed by atoms with E-state index in [1.807, 2.05) is 27.7 Å². The van der Waals surface area contributed by atoms with Gasteiger partial charge in [0, 0.05) is 12.6 Å². The summed E-state index contributed by atoms with van der Waals surface area (Å²) in [5.74, 6) is 3.11. The van der Waals surface area contributed by atoms with Gasteiger partial charge in [-0.05, 0) is 96.3 Å². The van der Waals surface area contributed by atoms with E-state index in [4.69, 9.17) is 4.74 Å². The number of hydrogen-bond acceptors (Lipinski definition) is 3. The second-order valence-electron chi connectivity index (χ2n) is 10.4. The van der Waals surface area contributed by atoms with Crippen LogP contribution in [-0.4, -0.2) is 40.6 Å². The van der Waals surface area contributed by atoms with Gasteiger partial charge in [-0.1, -0.05) is 0 Å². The maximum atomic E-state index is 13.3. The summed E-state index contributed by atoms with van der Waals surface area (Å²) in [6.45, 7) is 8.11. The van der Waals surface area contributed by atoms with E-state index in [1.165, 1.54) is 32.1 Å². The number of likely N-dealkylation sites (tertiary alicyclic amines) is 1. The van der Waals surface area contributed by atoms with Gasteiger partial charge in [-0.15, -0.1) is 0 Å². The maximum absolute atomic E-state index is 13.3. The second kappa shape index (κ2) is 6.13. The van der Waals surface area contributed by atoms with Crippen LogP contribution in [0.4, 0.5) is 4.79 Å². The molecule has 5 heteroatoms. The van der Waals surface area contributed by atoms with E-state index in [2.05, 4.69) is 5.32 Å². The Morgan fingerprint density at radius 1 is 1.04 bits per heavy atom. The highest BCUT2D eigenvalue weighted by Crippen LogP contribution is 2.53. The van der Waals surface area contributed by atoms with Crippen LogP contribution in [0, 0.1) is 23.7 Å². The van der Waals surface area contributed by atoms with Crippen molar-refractivity contribution < 1.29 is 14.3 Å². The Hall–Kier alpha value is -1.26. The first-order valence-electron chi connectivity index (χ1n) is 10.5. The minimum atomic E-state index is -0.781. The molecule has 0 spiro atoms. The summed E-state index contributed by atoms with van der Waals surface area (Å²) in [7, 11) is 0. The molecule has 1 atom stereocenters. The lowest BCUT2D eigenvalue weighted by atomic mass is 9.54. The van der Waals surface area contributed by atoms with E-state index >= 15 is 0 Å². The van der Waals surface area contributed by atoms with E-state index in [0.29, 0.717) is 30.8 Å². The Balaban J connectivity index is 1.45. The zero-order valence-electron chi connectivity index (χ0n) is 16.7. The molecule has 1 saturated heterocycles. The van der Waals surface area contributed by atoms with Gasteiger partial charge in [-0.2, -0.15) is 0 Å². The molecule has 4 saturated carbocycles. The highest BCUT2D eigenvalue weighted by atomic mass is 16.6. The molecule has 1 unspecified atom stereocenters. The average Bonchev–Trinajstić information content (AvgIpc) is 2.91. The van der Waals surface area contributed by atoms with Crippen LogP contribution in [0.2, 0.25) is 0 Å². The van der Waals surface area contributed by atoms with Gasteiger partial charge < -0.3 is 10.1 Å². The molecule has 5 fully saturated rings. The summed E-state index contributed by atoms with van der Waals surface area (Å²) in [5, 5.41) is 3.40. The fourth-order valence-corrected chi connectivity index (χ4v) is 6.28. The van der Waals surface area contributed by atoms with E-state index < -0.39 is 11.1 Å². The van der Waals surface area contributed by atoms with Crippen molar-refractivity contribution in [3.63, 3.8) is 0 Å². The summed E-state index contributed by atoms with van der Waals surface area (Å²) in [5.41, 5.74) is -1.32. The Morgan fingerprint density at radius 2 is 1.62 bits per heavy atom. The normalized spacial score (nSPS) is 41.4. The van der Waals surface area contributed by atoms with Crippen molar-refractivity contribution in [1.29, 1.82) is 0 Å². The fourth-order valence-electron chi connectivity index (χ4n) is 6.28. The number of amides is 2. The van der Waals surface area contributed by atoms with Gasteiger partial charge in [0.15, 0.2) is 0 Å². The molecule has 4 bridgehead atoms. The number of carbonyl (C=O) groups excluding carboxylic acids is 2. The van der Waals surface area contributed by atoms with Gasteiger partial charge in [0.25, 0.3) is 0 Å². The molecule has 26 heavy (non-hydrogen) atoms. The summed E-state index contributed by atoms with van der Waals surface area (Å²) in [4.78, 5) is 27.6. The van der Waals surface area contributed by atoms with Crippen molar-refractivity contribution >= 4 is 12.0 Å². The maximum Gasteiger partial charge on any atom is 0.411 e. The highest BCUT2D eigenvalue weighted by Gasteiger charge is 2.52. The van der Waals surface area contributed by atoms with Crippen molar-refractivity contribution in [3.05, 3.63) is 0 Å². The van der Waals surface area contributed by atoms with E-state index in [0.717, 1.165) is 18.3 Å². The molecule has 1 heterocycles. The molecule has 0 aromatic rings. The molecule has 1 N–H and O–H groups in total. The van der Waals surface area contributed by atoms with Gasteiger partial charge in [0.05, 0.1) is 0 Å². The smallest absolute Gasteiger partial charge is 0.411 e. The standard InChI is InChI=1S/C21H34N2O3/c1-20(2,3)26-19(25)23-7-5-6-21(23,4)18(24)22-17-15-9-13-8-14(11-15)12-16(17)10-13/h13-17H,5-12H2,1-4H3,(H,22,24). The van der Waals surface area contributed by atoms with E-state index in [1.54, 1.807) is 4.90 Å². The molecule has 146 valence electrons. The Labute approximate surface area is 157 Å². The Kier molecular flexibility index (Phi) is 4.27. The number of hydrogen-bond donors (Lipinski definition) is 1. The lowest BCUT2D eigenvalue weighted by Crippen LogP contribution is -2.62. The van der Waals surface area contributed by atoms with Crippen LogP contribution >= 0.6 is 0 Å². The highest BCUT2D eigenvalue weighted by molar-refractivity contribution is 5.90. The zero-order chi connectivity index (χ0) is 18.7. The number of rotatable bonds is 2. The lowest BCUT2D eigenvalue weighted by molar-refractivity contribution is -0.134. The average molecular weight is 363 g/mol.